The summed E-state index contributed by atoms with van der Waals surface area (Å²) in [5.74, 6) is -1.14. The lowest BCUT2D eigenvalue weighted by Crippen LogP contribution is -2.58. The first-order valence-corrected chi connectivity index (χ1v) is 15.1. The molecule has 3 rings (SSSR count). The lowest BCUT2D eigenvalue weighted by atomic mass is 9.91. The molecule has 1 unspecified atom stereocenters. The van der Waals surface area contributed by atoms with E-state index in [1.165, 1.54) is 0 Å². The summed E-state index contributed by atoms with van der Waals surface area (Å²) >= 11 is 0. The van der Waals surface area contributed by atoms with Gasteiger partial charge in [-0.25, -0.2) is 4.79 Å². The van der Waals surface area contributed by atoms with Gasteiger partial charge in [0.1, 0.15) is 5.60 Å². The molecule has 1 atom stereocenters. The topological polar surface area (TPSA) is 46.5 Å². The number of ether oxygens (including phenoxy) is 1. The highest BCUT2D eigenvalue weighted by molar-refractivity contribution is 7.96. The first-order valence-electron chi connectivity index (χ1n) is 13.3. The zero-order valence-corrected chi connectivity index (χ0v) is 23.9. The largest absolute Gasteiger partial charge is 0.456 e. The van der Waals surface area contributed by atoms with E-state index in [9.17, 15) is 9.90 Å². The first kappa shape index (κ1) is 30.7. The predicted octanol–water partition coefficient (Wildman–Crippen LogP) is 6.76. The van der Waals surface area contributed by atoms with Crippen molar-refractivity contribution in [2.45, 2.75) is 77.2 Å². The summed E-state index contributed by atoms with van der Waals surface area (Å²) in [6.07, 6.45) is -3.61. The maximum absolute atomic E-state index is 15.3. The molecule has 0 spiro atoms. The zero-order valence-electron chi connectivity index (χ0n) is 23.0. The van der Waals surface area contributed by atoms with Crippen molar-refractivity contribution >= 4 is 34.1 Å². The Morgan fingerprint density at radius 1 is 0.744 bits per heavy atom. The minimum atomic E-state index is -5.13. The number of rotatable bonds is 10. The Hall–Kier alpha value is -2.82. The highest BCUT2D eigenvalue weighted by Crippen LogP contribution is 2.52. The van der Waals surface area contributed by atoms with E-state index in [2.05, 4.69) is 0 Å². The van der Waals surface area contributed by atoms with Crippen LogP contribution in [0.4, 0.5) is 13.2 Å². The number of unbranched alkanes of at least 4 members (excludes halogenated alkanes) is 3. The molecular weight excluding hydrogens is 520 g/mol. The van der Waals surface area contributed by atoms with Gasteiger partial charge in [-0.3, -0.25) is 0 Å². The average molecular weight is 559 g/mol. The fourth-order valence-electron chi connectivity index (χ4n) is 4.90. The molecule has 0 bridgehead atoms. The Labute approximate surface area is 230 Å². The van der Waals surface area contributed by atoms with Crippen molar-refractivity contribution in [1.82, 2.24) is 0 Å². The van der Waals surface area contributed by atoms with Crippen LogP contribution in [0.15, 0.2) is 91.0 Å². The van der Waals surface area contributed by atoms with Crippen molar-refractivity contribution in [2.75, 3.05) is 0 Å². The van der Waals surface area contributed by atoms with Gasteiger partial charge in [0.25, 0.3) is 0 Å². The molecule has 0 saturated heterocycles. The monoisotopic (exact) mass is 558 g/mol. The maximum atomic E-state index is 15.3. The van der Waals surface area contributed by atoms with E-state index in [0.717, 1.165) is 12.8 Å². The third kappa shape index (κ3) is 6.67. The van der Waals surface area contributed by atoms with Crippen LogP contribution < -0.4 is 15.9 Å². The Morgan fingerprint density at radius 2 is 1.15 bits per heavy atom. The lowest BCUT2D eigenvalue weighted by molar-refractivity contribution is -0.233. The van der Waals surface area contributed by atoms with E-state index in [1.54, 1.807) is 112 Å². The Kier molecular flexibility index (Phi) is 9.90. The van der Waals surface area contributed by atoms with Gasteiger partial charge in [-0.15, -0.1) is 0 Å². The SMILES string of the molecule is CCCCCCC(O)(C(C(=O)OC(C)(C)C)=P(c1ccccc1)(c1ccccc1)c1ccccc1)C(F)(F)F. The van der Waals surface area contributed by atoms with Crippen molar-refractivity contribution in [1.29, 1.82) is 0 Å². The van der Waals surface area contributed by atoms with Gasteiger partial charge in [0.15, 0.2) is 5.60 Å². The maximum Gasteiger partial charge on any atom is 0.421 e. The number of esters is 1. The van der Waals surface area contributed by atoms with Gasteiger partial charge in [-0.2, -0.15) is 13.2 Å². The Bertz CT molecular complexity index is 1160. The number of carbonyl (C=O) groups excluding carboxylic acids is 1. The molecular formula is C32H38F3O3P. The van der Waals surface area contributed by atoms with E-state index < -0.39 is 41.9 Å². The van der Waals surface area contributed by atoms with Crippen LogP contribution in [0.5, 0.6) is 0 Å². The molecule has 3 aromatic carbocycles. The van der Waals surface area contributed by atoms with E-state index in [1.807, 2.05) is 6.92 Å². The third-order valence-corrected chi connectivity index (χ3v) is 11.1. The number of hydrogen-bond donors (Lipinski definition) is 1. The standard InChI is InChI=1S/C32H38F3O3P/c1-5-6-7-17-24-31(37,32(33,34)35)28(29(36)38-30(2,3)4)39(25-18-11-8-12-19-25,26-20-13-9-14-21-26)27-22-15-10-16-23-27/h8-16,18-23,37H,5-7,17,24H2,1-4H3. The van der Waals surface area contributed by atoms with E-state index in [-0.39, 0.29) is 6.42 Å². The minimum absolute atomic E-state index is 0.106. The molecule has 210 valence electrons. The molecule has 0 heterocycles. The highest BCUT2D eigenvalue weighted by atomic mass is 31.2. The molecule has 3 nitrogen and oxygen atoms in total. The molecule has 0 aliphatic carbocycles. The Balaban J connectivity index is 2.65. The minimum Gasteiger partial charge on any atom is -0.456 e. The molecule has 0 amide bonds. The van der Waals surface area contributed by atoms with Crippen molar-refractivity contribution in [3.05, 3.63) is 91.0 Å². The summed E-state index contributed by atoms with van der Waals surface area (Å²) in [5, 5.41) is 12.9. The second kappa shape index (κ2) is 12.6. The molecule has 0 fully saturated rings. The summed E-state index contributed by atoms with van der Waals surface area (Å²) in [5.41, 5.74) is -4.50. The van der Waals surface area contributed by atoms with Gasteiger partial charge in [0.2, 0.25) is 0 Å². The van der Waals surface area contributed by atoms with Crippen LogP contribution >= 0.6 is 6.89 Å². The molecule has 0 aliphatic rings. The van der Waals surface area contributed by atoms with Gasteiger partial charge < -0.3 is 9.84 Å². The number of aliphatic hydroxyl groups is 1. The second-order valence-electron chi connectivity index (χ2n) is 10.7. The second-order valence-corrected chi connectivity index (χ2v) is 14.0. The summed E-state index contributed by atoms with van der Waals surface area (Å²) in [7, 11) is 0. The van der Waals surface area contributed by atoms with E-state index in [0.29, 0.717) is 22.3 Å². The van der Waals surface area contributed by atoms with Crippen molar-refractivity contribution in [2.24, 2.45) is 0 Å². The fourth-order valence-corrected chi connectivity index (χ4v) is 9.54. The lowest BCUT2D eigenvalue weighted by Gasteiger charge is -2.41. The van der Waals surface area contributed by atoms with Crippen LogP contribution in [-0.2, 0) is 9.53 Å². The molecule has 1 N–H and O–H groups in total. The van der Waals surface area contributed by atoms with Crippen LogP contribution in [0, 0.1) is 0 Å². The predicted molar refractivity (Wildman–Crippen MR) is 156 cm³/mol. The van der Waals surface area contributed by atoms with Crippen molar-refractivity contribution in [3.8, 4) is 0 Å². The number of benzene rings is 3. The van der Waals surface area contributed by atoms with Crippen LogP contribution in [-0.4, -0.2) is 33.7 Å². The van der Waals surface area contributed by atoms with Crippen LogP contribution in [0.3, 0.4) is 0 Å². The molecule has 0 radical (unpaired) electrons. The third-order valence-electron chi connectivity index (χ3n) is 6.61. The smallest absolute Gasteiger partial charge is 0.421 e. The normalized spacial score (nSPS) is 13.9. The van der Waals surface area contributed by atoms with Gasteiger partial charge in [-0.05, 0) is 56.4 Å². The van der Waals surface area contributed by atoms with E-state index in [4.69, 9.17) is 4.74 Å². The van der Waals surface area contributed by atoms with Crippen LogP contribution in [0.1, 0.15) is 59.8 Å². The quantitative estimate of drug-likeness (QED) is 0.170. The highest BCUT2D eigenvalue weighted by Gasteiger charge is 2.61. The first-order chi connectivity index (χ1) is 18.4. The van der Waals surface area contributed by atoms with Crippen molar-refractivity contribution < 1.29 is 27.8 Å². The van der Waals surface area contributed by atoms with Crippen molar-refractivity contribution in [3.63, 3.8) is 0 Å². The average Bonchev–Trinajstić information content (AvgIpc) is 2.89. The molecule has 0 aliphatic heterocycles. The number of alkyl halides is 3. The molecule has 0 saturated carbocycles. The van der Waals surface area contributed by atoms with Crippen LogP contribution in [0.25, 0.3) is 0 Å². The molecule has 7 heteroatoms. The zero-order chi connectivity index (χ0) is 28.7. The summed E-state index contributed by atoms with van der Waals surface area (Å²) < 4.78 is 51.6. The van der Waals surface area contributed by atoms with Gasteiger partial charge in [-0.1, -0.05) is 117 Å². The summed E-state index contributed by atoms with van der Waals surface area (Å²) in [4.78, 5) is 14.2. The van der Waals surface area contributed by atoms with E-state index >= 15 is 13.2 Å². The number of hydrogen-bond acceptors (Lipinski definition) is 3. The van der Waals surface area contributed by atoms with Gasteiger partial charge >= 0.3 is 12.1 Å². The van der Waals surface area contributed by atoms with Crippen LogP contribution in [0.2, 0.25) is 0 Å². The fraction of sp³-hybridized carbons (Fsp3) is 0.375. The summed E-state index contributed by atoms with van der Waals surface area (Å²) in [6, 6.07) is 26.3. The van der Waals surface area contributed by atoms with Gasteiger partial charge in [0, 0.05) is 0 Å². The van der Waals surface area contributed by atoms with Gasteiger partial charge in [0.05, 0.1) is 5.29 Å². The number of halogens is 3. The Morgan fingerprint density at radius 3 is 1.49 bits per heavy atom. The molecule has 39 heavy (non-hydrogen) atoms. The summed E-state index contributed by atoms with van der Waals surface area (Å²) in [6.45, 7) is 3.20. The number of carbonyl (C=O) groups is 1. The molecule has 0 aromatic heterocycles. The molecule has 3 aromatic rings.